The van der Waals surface area contributed by atoms with Crippen molar-refractivity contribution < 1.29 is 9.53 Å². The number of hydrogen-bond donors (Lipinski definition) is 0. The Hall–Kier alpha value is -0.900. The lowest BCUT2D eigenvalue weighted by Gasteiger charge is -2.26. The van der Waals surface area contributed by atoms with E-state index >= 15 is 0 Å². The van der Waals surface area contributed by atoms with Gasteiger partial charge in [0.25, 0.3) is 0 Å². The molecule has 1 aromatic heterocycles. The van der Waals surface area contributed by atoms with Crippen molar-refractivity contribution in [2.24, 2.45) is 5.92 Å². The maximum Gasteiger partial charge on any atom is 0.308 e. The summed E-state index contributed by atoms with van der Waals surface area (Å²) in [4.78, 5) is 17.3. The number of ether oxygens (including phenoxy) is 1. The molecule has 17 heavy (non-hydrogen) atoms. The fraction of sp³-hybridized carbons (Fsp3) is 0.692. The molecule has 0 amide bonds. The Kier molecular flexibility index (Phi) is 4.15. The minimum Gasteiger partial charge on any atom is -0.466 e. The van der Waals surface area contributed by atoms with Crippen LogP contribution in [0.2, 0.25) is 0 Å². The molecule has 3 nitrogen and oxygen atoms in total. The predicted octanol–water partition coefficient (Wildman–Crippen LogP) is 3.29. The van der Waals surface area contributed by atoms with Gasteiger partial charge in [0, 0.05) is 4.88 Å². The van der Waals surface area contributed by atoms with Crippen molar-refractivity contribution in [3.63, 3.8) is 0 Å². The maximum atomic E-state index is 11.6. The standard InChI is InChI=1S/C13H19NO2S/c1-3-16-13(15)11-6-4-10(5-7-11)12-9(2)14-8-17-12/h8,10-11H,3-7H2,1-2H3. The number of carbonyl (C=O) groups excluding carboxylic acids is 1. The van der Waals surface area contributed by atoms with Gasteiger partial charge < -0.3 is 4.74 Å². The van der Waals surface area contributed by atoms with Crippen LogP contribution in [0.15, 0.2) is 5.51 Å². The van der Waals surface area contributed by atoms with Crippen molar-refractivity contribution in [1.29, 1.82) is 0 Å². The van der Waals surface area contributed by atoms with Crippen molar-refractivity contribution in [2.75, 3.05) is 6.61 Å². The van der Waals surface area contributed by atoms with Gasteiger partial charge in [-0.25, -0.2) is 4.98 Å². The first-order valence-corrected chi connectivity index (χ1v) is 7.17. The van der Waals surface area contributed by atoms with Crippen LogP contribution < -0.4 is 0 Å². The first-order chi connectivity index (χ1) is 8.22. The Morgan fingerprint density at radius 1 is 1.47 bits per heavy atom. The lowest BCUT2D eigenvalue weighted by Crippen LogP contribution is -2.23. The average Bonchev–Trinajstić information content (AvgIpc) is 2.76. The summed E-state index contributed by atoms with van der Waals surface area (Å²) in [6.45, 7) is 4.43. The molecule has 1 heterocycles. The molecule has 0 unspecified atom stereocenters. The molecular weight excluding hydrogens is 234 g/mol. The highest BCUT2D eigenvalue weighted by molar-refractivity contribution is 7.09. The SMILES string of the molecule is CCOC(=O)C1CCC(c2scnc2C)CC1. The zero-order valence-electron chi connectivity index (χ0n) is 10.4. The van der Waals surface area contributed by atoms with Gasteiger partial charge >= 0.3 is 5.97 Å². The van der Waals surface area contributed by atoms with Gasteiger partial charge in [-0.2, -0.15) is 0 Å². The summed E-state index contributed by atoms with van der Waals surface area (Å²) >= 11 is 1.75. The smallest absolute Gasteiger partial charge is 0.308 e. The normalized spacial score (nSPS) is 24.6. The van der Waals surface area contributed by atoms with Gasteiger partial charge in [0.15, 0.2) is 0 Å². The van der Waals surface area contributed by atoms with E-state index in [9.17, 15) is 4.79 Å². The second kappa shape index (κ2) is 5.63. The topological polar surface area (TPSA) is 39.2 Å². The summed E-state index contributed by atoms with van der Waals surface area (Å²) in [5.41, 5.74) is 3.08. The summed E-state index contributed by atoms with van der Waals surface area (Å²) in [5.74, 6) is 0.722. The van der Waals surface area contributed by atoms with E-state index in [1.807, 2.05) is 12.4 Å². The van der Waals surface area contributed by atoms with Crippen LogP contribution >= 0.6 is 11.3 Å². The minimum atomic E-state index is -0.00743. The van der Waals surface area contributed by atoms with Crippen LogP contribution in [0.5, 0.6) is 0 Å². The number of hydrogen-bond acceptors (Lipinski definition) is 4. The molecule has 0 radical (unpaired) electrons. The quantitative estimate of drug-likeness (QED) is 0.776. The minimum absolute atomic E-state index is 0.00743. The first-order valence-electron chi connectivity index (χ1n) is 6.29. The average molecular weight is 253 g/mol. The van der Waals surface area contributed by atoms with E-state index in [2.05, 4.69) is 11.9 Å². The van der Waals surface area contributed by atoms with Crippen molar-refractivity contribution in [1.82, 2.24) is 4.98 Å². The molecular formula is C13H19NO2S. The van der Waals surface area contributed by atoms with Crippen molar-refractivity contribution >= 4 is 17.3 Å². The number of nitrogens with zero attached hydrogens (tertiary/aromatic N) is 1. The molecule has 1 aromatic rings. The molecule has 1 aliphatic rings. The molecule has 0 N–H and O–H groups in total. The number of aromatic nitrogens is 1. The van der Waals surface area contributed by atoms with E-state index in [0.717, 1.165) is 31.4 Å². The van der Waals surface area contributed by atoms with Gasteiger partial charge in [0.05, 0.1) is 23.7 Å². The number of aryl methyl sites for hydroxylation is 1. The maximum absolute atomic E-state index is 11.6. The van der Waals surface area contributed by atoms with E-state index in [0.29, 0.717) is 12.5 Å². The summed E-state index contributed by atoms with van der Waals surface area (Å²) in [6.07, 6.45) is 4.10. The van der Waals surface area contributed by atoms with E-state index in [1.165, 1.54) is 4.88 Å². The summed E-state index contributed by atoms with van der Waals surface area (Å²) < 4.78 is 5.08. The lowest BCUT2D eigenvalue weighted by molar-refractivity contribution is -0.149. The predicted molar refractivity (Wildman–Crippen MR) is 68.2 cm³/mol. The highest BCUT2D eigenvalue weighted by atomic mass is 32.1. The van der Waals surface area contributed by atoms with Crippen molar-refractivity contribution in [3.8, 4) is 0 Å². The van der Waals surface area contributed by atoms with Crippen LogP contribution in [0, 0.1) is 12.8 Å². The number of thiazole rings is 1. The van der Waals surface area contributed by atoms with E-state index < -0.39 is 0 Å². The Labute approximate surface area is 106 Å². The highest BCUT2D eigenvalue weighted by Gasteiger charge is 2.29. The Balaban J connectivity index is 1.90. The van der Waals surface area contributed by atoms with Gasteiger partial charge in [0.1, 0.15) is 0 Å². The molecule has 1 fully saturated rings. The molecule has 0 aliphatic heterocycles. The van der Waals surface area contributed by atoms with Crippen LogP contribution in [0.4, 0.5) is 0 Å². The van der Waals surface area contributed by atoms with Gasteiger partial charge in [0.2, 0.25) is 0 Å². The van der Waals surface area contributed by atoms with Crippen LogP contribution in [0.25, 0.3) is 0 Å². The van der Waals surface area contributed by atoms with Gasteiger partial charge in [-0.3, -0.25) is 4.79 Å². The molecule has 4 heteroatoms. The molecule has 0 saturated heterocycles. The third kappa shape index (κ3) is 2.86. The zero-order valence-corrected chi connectivity index (χ0v) is 11.3. The van der Waals surface area contributed by atoms with Crippen LogP contribution in [0.3, 0.4) is 0 Å². The Morgan fingerprint density at radius 3 is 2.71 bits per heavy atom. The van der Waals surface area contributed by atoms with E-state index in [4.69, 9.17) is 4.74 Å². The molecule has 1 saturated carbocycles. The summed E-state index contributed by atoms with van der Waals surface area (Å²) in [5, 5.41) is 0. The fourth-order valence-corrected chi connectivity index (χ4v) is 3.53. The van der Waals surface area contributed by atoms with Crippen molar-refractivity contribution in [3.05, 3.63) is 16.1 Å². The van der Waals surface area contributed by atoms with E-state index in [1.54, 1.807) is 11.3 Å². The second-order valence-electron chi connectivity index (χ2n) is 4.60. The molecule has 0 bridgehead atoms. The third-order valence-corrected chi connectivity index (χ3v) is 4.59. The highest BCUT2D eigenvalue weighted by Crippen LogP contribution is 2.38. The first kappa shape index (κ1) is 12.6. The van der Waals surface area contributed by atoms with Crippen LogP contribution in [-0.4, -0.2) is 17.6 Å². The Bertz CT molecular complexity index is 381. The monoisotopic (exact) mass is 253 g/mol. The number of carbonyl (C=O) groups is 1. The fourth-order valence-electron chi connectivity index (χ4n) is 2.55. The molecule has 0 aromatic carbocycles. The van der Waals surface area contributed by atoms with Gasteiger partial charge in [-0.1, -0.05) is 0 Å². The molecule has 1 aliphatic carbocycles. The molecule has 94 valence electrons. The van der Waals surface area contributed by atoms with Crippen LogP contribution in [0.1, 0.15) is 49.1 Å². The molecule has 2 rings (SSSR count). The third-order valence-electron chi connectivity index (χ3n) is 3.50. The Morgan fingerprint density at radius 2 is 2.18 bits per heavy atom. The summed E-state index contributed by atoms with van der Waals surface area (Å²) in [6, 6.07) is 0. The summed E-state index contributed by atoms with van der Waals surface area (Å²) in [7, 11) is 0. The largest absolute Gasteiger partial charge is 0.466 e. The van der Waals surface area contributed by atoms with Crippen LogP contribution in [-0.2, 0) is 9.53 Å². The van der Waals surface area contributed by atoms with E-state index in [-0.39, 0.29) is 11.9 Å². The second-order valence-corrected chi connectivity index (χ2v) is 5.49. The zero-order chi connectivity index (χ0) is 12.3. The van der Waals surface area contributed by atoms with Crippen molar-refractivity contribution in [2.45, 2.75) is 45.4 Å². The molecule has 0 spiro atoms. The number of rotatable bonds is 3. The number of esters is 1. The lowest BCUT2D eigenvalue weighted by atomic mass is 9.81. The molecule has 0 atom stereocenters. The van der Waals surface area contributed by atoms with Gasteiger partial charge in [-0.05, 0) is 45.4 Å². The van der Waals surface area contributed by atoms with Gasteiger partial charge in [-0.15, -0.1) is 11.3 Å².